The molecule has 1 fully saturated rings. The third-order valence-corrected chi connectivity index (χ3v) is 5.28. The van der Waals surface area contributed by atoms with Gasteiger partial charge in [0.25, 0.3) is 0 Å². The number of carbonyl (C=O) groups excluding carboxylic acids is 2. The quantitative estimate of drug-likeness (QED) is 0.603. The fraction of sp³-hybridized carbons (Fsp3) is 0.391. The minimum Gasteiger partial charge on any atom is -0.497 e. The maximum Gasteiger partial charge on any atom is 0.246 e. The van der Waals surface area contributed by atoms with Crippen molar-refractivity contribution in [3.8, 4) is 17.2 Å². The Morgan fingerprint density at radius 3 is 2.27 bits per heavy atom. The Labute approximate surface area is 176 Å². The van der Waals surface area contributed by atoms with Crippen LogP contribution in [0.2, 0.25) is 0 Å². The molecule has 0 spiro atoms. The highest BCUT2D eigenvalue weighted by molar-refractivity contribution is 6.05. The van der Waals surface area contributed by atoms with Crippen LogP contribution in [0.1, 0.15) is 17.5 Å². The van der Waals surface area contributed by atoms with Crippen molar-refractivity contribution < 1.29 is 23.8 Å². The zero-order chi connectivity index (χ0) is 21.5. The summed E-state index contributed by atoms with van der Waals surface area (Å²) in [7, 11) is 4.80. The van der Waals surface area contributed by atoms with Crippen LogP contribution >= 0.6 is 0 Å². The number of ether oxygens (including phenoxy) is 3. The largest absolute Gasteiger partial charge is 0.497 e. The molecule has 1 heterocycles. The molecule has 160 valence electrons. The molecule has 2 amide bonds. The van der Waals surface area contributed by atoms with Crippen LogP contribution in [0.5, 0.6) is 17.2 Å². The highest BCUT2D eigenvalue weighted by Crippen LogP contribution is 2.28. The Kier molecular flexibility index (Phi) is 7.30. The molecule has 1 N–H and O–H groups in total. The van der Waals surface area contributed by atoms with Crippen molar-refractivity contribution >= 4 is 11.8 Å². The van der Waals surface area contributed by atoms with E-state index in [0.29, 0.717) is 31.0 Å². The third-order valence-electron chi connectivity index (χ3n) is 5.28. The molecule has 7 nitrogen and oxygen atoms in total. The standard InChI is InChI=1S/C23H28N2O5/c1-28-18-7-4-16(5-8-18)10-12-24-19-15-22(26)25(23(19)27)13-11-17-6-9-20(29-2)21(14-17)30-3/h4-9,14,19,24H,10-13,15H2,1-3H3/t19-/m1/s1. The first-order valence-electron chi connectivity index (χ1n) is 9.97. The van der Waals surface area contributed by atoms with Crippen molar-refractivity contribution in [3.05, 3.63) is 53.6 Å². The minimum absolute atomic E-state index is 0.137. The Balaban J connectivity index is 1.50. The number of rotatable bonds is 10. The first kappa shape index (κ1) is 21.6. The summed E-state index contributed by atoms with van der Waals surface area (Å²) >= 11 is 0. The second-order valence-electron chi connectivity index (χ2n) is 7.13. The van der Waals surface area contributed by atoms with Crippen LogP contribution in [0.25, 0.3) is 0 Å². The van der Waals surface area contributed by atoms with Gasteiger partial charge in [0.1, 0.15) is 5.75 Å². The number of amides is 2. The van der Waals surface area contributed by atoms with Crippen molar-refractivity contribution in [1.29, 1.82) is 0 Å². The Morgan fingerprint density at radius 2 is 1.60 bits per heavy atom. The molecule has 2 aromatic carbocycles. The van der Waals surface area contributed by atoms with Crippen molar-refractivity contribution in [1.82, 2.24) is 10.2 Å². The zero-order valence-corrected chi connectivity index (χ0v) is 17.6. The predicted molar refractivity (Wildman–Crippen MR) is 113 cm³/mol. The zero-order valence-electron chi connectivity index (χ0n) is 17.6. The molecule has 0 unspecified atom stereocenters. The normalized spacial score (nSPS) is 16.1. The highest BCUT2D eigenvalue weighted by atomic mass is 16.5. The monoisotopic (exact) mass is 412 g/mol. The van der Waals surface area contributed by atoms with Gasteiger partial charge < -0.3 is 19.5 Å². The molecule has 3 rings (SSSR count). The first-order chi connectivity index (χ1) is 14.5. The fourth-order valence-electron chi connectivity index (χ4n) is 3.54. The smallest absolute Gasteiger partial charge is 0.246 e. The van der Waals surface area contributed by atoms with Gasteiger partial charge >= 0.3 is 0 Å². The second kappa shape index (κ2) is 10.1. The summed E-state index contributed by atoms with van der Waals surface area (Å²) in [6, 6.07) is 13.0. The summed E-state index contributed by atoms with van der Waals surface area (Å²) in [6.45, 7) is 0.976. The van der Waals surface area contributed by atoms with Crippen LogP contribution in [0.15, 0.2) is 42.5 Å². The number of hydrogen-bond donors (Lipinski definition) is 1. The maximum atomic E-state index is 12.7. The molecule has 0 radical (unpaired) electrons. The minimum atomic E-state index is -0.457. The van der Waals surface area contributed by atoms with E-state index < -0.39 is 6.04 Å². The molecule has 0 bridgehead atoms. The van der Waals surface area contributed by atoms with Gasteiger partial charge in [-0.2, -0.15) is 0 Å². The lowest BCUT2D eigenvalue weighted by atomic mass is 10.1. The van der Waals surface area contributed by atoms with Crippen LogP contribution < -0.4 is 19.5 Å². The van der Waals surface area contributed by atoms with E-state index in [1.165, 1.54) is 4.90 Å². The average Bonchev–Trinajstić information content (AvgIpc) is 3.05. The first-order valence-corrected chi connectivity index (χ1v) is 9.97. The topological polar surface area (TPSA) is 77.1 Å². The molecule has 7 heteroatoms. The number of nitrogens with one attached hydrogen (secondary N) is 1. The van der Waals surface area contributed by atoms with Crippen molar-refractivity contribution in [3.63, 3.8) is 0 Å². The summed E-state index contributed by atoms with van der Waals surface area (Å²) < 4.78 is 15.7. The number of nitrogens with zero attached hydrogens (tertiary/aromatic N) is 1. The summed E-state index contributed by atoms with van der Waals surface area (Å²) in [5.74, 6) is 1.80. The van der Waals surface area contributed by atoms with Crippen molar-refractivity contribution in [2.45, 2.75) is 25.3 Å². The Morgan fingerprint density at radius 1 is 0.900 bits per heavy atom. The Bertz CT molecular complexity index is 882. The Hall–Kier alpha value is -3.06. The SMILES string of the molecule is COc1ccc(CCN[C@@H]2CC(=O)N(CCc3ccc(OC)c(OC)c3)C2=O)cc1. The number of likely N-dealkylation sites (tertiary alicyclic amines) is 1. The molecule has 0 saturated carbocycles. The summed E-state index contributed by atoms with van der Waals surface area (Å²) in [5.41, 5.74) is 2.12. The number of imide groups is 1. The predicted octanol–water partition coefficient (Wildman–Crippen LogP) is 2.21. The number of methoxy groups -OCH3 is 3. The number of benzene rings is 2. The molecule has 1 aliphatic heterocycles. The molecule has 30 heavy (non-hydrogen) atoms. The van der Waals surface area contributed by atoms with Gasteiger partial charge in [0, 0.05) is 6.54 Å². The number of hydrogen-bond acceptors (Lipinski definition) is 6. The van der Waals surface area contributed by atoms with Gasteiger partial charge in [0.05, 0.1) is 33.8 Å². The van der Waals surface area contributed by atoms with Gasteiger partial charge in [-0.05, 0) is 54.8 Å². The van der Waals surface area contributed by atoms with E-state index in [1.807, 2.05) is 42.5 Å². The van der Waals surface area contributed by atoms with Crippen molar-refractivity contribution in [2.75, 3.05) is 34.4 Å². The van der Waals surface area contributed by atoms with Crippen LogP contribution in [0.3, 0.4) is 0 Å². The van der Waals surface area contributed by atoms with Crippen LogP contribution in [0, 0.1) is 0 Å². The van der Waals surface area contributed by atoms with Gasteiger partial charge in [-0.1, -0.05) is 18.2 Å². The van der Waals surface area contributed by atoms with E-state index in [4.69, 9.17) is 14.2 Å². The van der Waals surface area contributed by atoms with Crippen LogP contribution in [0.4, 0.5) is 0 Å². The van der Waals surface area contributed by atoms with E-state index in [9.17, 15) is 9.59 Å². The van der Waals surface area contributed by atoms with E-state index in [-0.39, 0.29) is 18.2 Å². The number of carbonyl (C=O) groups is 2. The average molecular weight is 412 g/mol. The van der Waals surface area contributed by atoms with Gasteiger partial charge in [-0.3, -0.25) is 14.5 Å². The molecule has 2 aromatic rings. The van der Waals surface area contributed by atoms with Crippen molar-refractivity contribution in [2.24, 2.45) is 0 Å². The maximum absolute atomic E-state index is 12.7. The van der Waals surface area contributed by atoms with Gasteiger partial charge in [0.2, 0.25) is 11.8 Å². The van der Waals surface area contributed by atoms with Crippen LogP contribution in [-0.2, 0) is 22.4 Å². The molecular formula is C23H28N2O5. The molecule has 1 atom stereocenters. The summed E-state index contributed by atoms with van der Waals surface area (Å²) in [5, 5.41) is 3.22. The van der Waals surface area contributed by atoms with E-state index in [0.717, 1.165) is 23.3 Å². The summed E-state index contributed by atoms with van der Waals surface area (Å²) in [4.78, 5) is 26.4. The lowest BCUT2D eigenvalue weighted by molar-refractivity contribution is -0.138. The highest BCUT2D eigenvalue weighted by Gasteiger charge is 2.37. The van der Waals surface area contributed by atoms with Gasteiger partial charge in [-0.15, -0.1) is 0 Å². The molecule has 0 aliphatic carbocycles. The second-order valence-corrected chi connectivity index (χ2v) is 7.13. The summed E-state index contributed by atoms with van der Waals surface area (Å²) in [6.07, 6.45) is 1.54. The van der Waals surface area contributed by atoms with E-state index in [1.54, 1.807) is 21.3 Å². The van der Waals surface area contributed by atoms with Gasteiger partial charge in [0.15, 0.2) is 11.5 Å². The molecular weight excluding hydrogens is 384 g/mol. The third kappa shape index (κ3) is 5.10. The molecule has 0 aromatic heterocycles. The lowest BCUT2D eigenvalue weighted by Crippen LogP contribution is -2.40. The fourth-order valence-corrected chi connectivity index (χ4v) is 3.54. The van der Waals surface area contributed by atoms with Gasteiger partial charge in [-0.25, -0.2) is 0 Å². The van der Waals surface area contributed by atoms with E-state index in [2.05, 4.69) is 5.32 Å². The van der Waals surface area contributed by atoms with Crippen LogP contribution in [-0.4, -0.2) is 57.2 Å². The molecule has 1 aliphatic rings. The molecule has 1 saturated heterocycles. The lowest BCUT2D eigenvalue weighted by Gasteiger charge is -2.16. The van der Waals surface area contributed by atoms with E-state index >= 15 is 0 Å².